The maximum Gasteiger partial charge on any atom is 0.142 e. The molecule has 112 valence electrons. The molecule has 0 saturated heterocycles. The fourth-order valence-corrected chi connectivity index (χ4v) is 3.58. The van der Waals surface area contributed by atoms with Crippen molar-refractivity contribution >= 4 is 40.7 Å². The lowest BCUT2D eigenvalue weighted by atomic mass is 10.1. The lowest BCUT2D eigenvalue weighted by molar-refractivity contribution is 0.624. The van der Waals surface area contributed by atoms with Gasteiger partial charge < -0.3 is 5.32 Å². The highest BCUT2D eigenvalue weighted by atomic mass is 35.5. The van der Waals surface area contributed by atoms with Gasteiger partial charge in [0.2, 0.25) is 0 Å². The fourth-order valence-electron chi connectivity index (χ4n) is 2.11. The molecule has 2 rings (SSSR count). The minimum atomic E-state index is -0.457. The van der Waals surface area contributed by atoms with E-state index in [0.717, 1.165) is 16.3 Å². The van der Waals surface area contributed by atoms with Crippen molar-refractivity contribution < 1.29 is 4.39 Å². The molecular weight excluding hydrogens is 328 g/mol. The Balaban J connectivity index is 2.31. The summed E-state index contributed by atoms with van der Waals surface area (Å²) in [5, 5.41) is 3.90. The van der Waals surface area contributed by atoms with Gasteiger partial charge in [-0.1, -0.05) is 42.3 Å². The second-order valence-corrected chi connectivity index (χ2v) is 6.64. The van der Waals surface area contributed by atoms with E-state index in [-0.39, 0.29) is 11.1 Å². The van der Waals surface area contributed by atoms with E-state index in [0.29, 0.717) is 10.6 Å². The van der Waals surface area contributed by atoms with Crippen LogP contribution in [0.25, 0.3) is 0 Å². The molecule has 0 bridgehead atoms. The number of nitrogens with one attached hydrogen (secondary N) is 1. The normalized spacial score (nSPS) is 12.2. The molecule has 21 heavy (non-hydrogen) atoms. The van der Waals surface area contributed by atoms with Gasteiger partial charge in [0.25, 0.3) is 0 Å². The lowest BCUT2D eigenvalue weighted by Gasteiger charge is -2.20. The monoisotopic (exact) mass is 343 g/mol. The van der Waals surface area contributed by atoms with Gasteiger partial charge in [-0.2, -0.15) is 0 Å². The first kappa shape index (κ1) is 16.5. The summed E-state index contributed by atoms with van der Waals surface area (Å²) in [6, 6.07) is 10.6. The molecule has 0 aromatic heterocycles. The van der Waals surface area contributed by atoms with Crippen molar-refractivity contribution in [2.24, 2.45) is 0 Å². The molecule has 0 spiro atoms. The summed E-state index contributed by atoms with van der Waals surface area (Å²) in [4.78, 5) is 1.15. The largest absolute Gasteiger partial charge is 0.378 e. The molecule has 0 radical (unpaired) electrons. The molecule has 0 amide bonds. The molecule has 1 N–H and O–H groups in total. The van der Waals surface area contributed by atoms with Crippen LogP contribution >= 0.6 is 35.0 Å². The van der Waals surface area contributed by atoms with Crippen LogP contribution in [0, 0.1) is 5.82 Å². The van der Waals surface area contributed by atoms with Crippen molar-refractivity contribution in [3.63, 3.8) is 0 Å². The fraction of sp³-hybridized carbons (Fsp3) is 0.250. The Bertz CT molecular complexity index is 634. The molecule has 0 heterocycles. The molecule has 0 aliphatic carbocycles. The van der Waals surface area contributed by atoms with Crippen LogP contribution in [-0.4, -0.2) is 5.75 Å². The third-order valence-electron chi connectivity index (χ3n) is 3.07. The average Bonchev–Trinajstić information content (AvgIpc) is 2.46. The van der Waals surface area contributed by atoms with Crippen molar-refractivity contribution in [3.05, 3.63) is 57.8 Å². The maximum atomic E-state index is 13.6. The van der Waals surface area contributed by atoms with E-state index < -0.39 is 5.82 Å². The first-order chi connectivity index (χ1) is 10.0. The zero-order chi connectivity index (χ0) is 15.4. The van der Waals surface area contributed by atoms with E-state index in [1.165, 1.54) is 12.1 Å². The van der Waals surface area contributed by atoms with E-state index in [4.69, 9.17) is 23.2 Å². The summed E-state index contributed by atoms with van der Waals surface area (Å²) >= 11 is 14.0. The number of hydrogen-bond donors (Lipinski definition) is 1. The van der Waals surface area contributed by atoms with Gasteiger partial charge in [0.05, 0.1) is 11.1 Å². The van der Waals surface area contributed by atoms with Crippen LogP contribution in [-0.2, 0) is 0 Å². The van der Waals surface area contributed by atoms with Crippen LogP contribution in [0.5, 0.6) is 0 Å². The Kier molecular flexibility index (Phi) is 5.80. The predicted molar refractivity (Wildman–Crippen MR) is 91.3 cm³/mol. The standard InChI is InChI=1S/C16H16Cl2FNS/c1-3-21-14-7-5-4-6-13(14)20-10(2)15-11(17)8-9-12(19)16(15)18/h4-10,20H,3H2,1-2H3. The van der Waals surface area contributed by atoms with Crippen LogP contribution in [0.15, 0.2) is 41.3 Å². The number of rotatable bonds is 5. The number of hydrogen-bond acceptors (Lipinski definition) is 2. The maximum absolute atomic E-state index is 13.6. The number of halogens is 3. The van der Waals surface area contributed by atoms with Crippen molar-refractivity contribution in [2.75, 3.05) is 11.1 Å². The minimum absolute atomic E-state index is 0.0723. The molecule has 0 saturated carbocycles. The van der Waals surface area contributed by atoms with Gasteiger partial charge in [-0.25, -0.2) is 4.39 Å². The Hall–Kier alpha value is -0.900. The van der Waals surface area contributed by atoms with E-state index in [2.05, 4.69) is 18.3 Å². The quantitative estimate of drug-likeness (QED) is 0.496. The molecule has 0 aliphatic heterocycles. The highest BCUT2D eigenvalue weighted by Gasteiger charge is 2.17. The highest BCUT2D eigenvalue weighted by Crippen LogP contribution is 2.36. The third kappa shape index (κ3) is 3.85. The summed E-state index contributed by atoms with van der Waals surface area (Å²) in [5.74, 6) is 0.523. The van der Waals surface area contributed by atoms with Gasteiger partial charge in [-0.3, -0.25) is 0 Å². The van der Waals surface area contributed by atoms with Gasteiger partial charge in [0, 0.05) is 21.2 Å². The zero-order valence-corrected chi connectivity index (χ0v) is 14.1. The Morgan fingerprint density at radius 3 is 2.62 bits per heavy atom. The summed E-state index contributed by atoms with van der Waals surface area (Å²) in [6.45, 7) is 4.02. The first-order valence-electron chi connectivity index (χ1n) is 6.66. The van der Waals surface area contributed by atoms with Crippen LogP contribution in [0.4, 0.5) is 10.1 Å². The number of benzene rings is 2. The number of para-hydroxylation sites is 1. The molecule has 1 unspecified atom stereocenters. The molecule has 2 aromatic rings. The van der Waals surface area contributed by atoms with Crippen molar-refractivity contribution in [3.8, 4) is 0 Å². The SMILES string of the molecule is CCSc1ccccc1NC(C)c1c(Cl)ccc(F)c1Cl. The lowest BCUT2D eigenvalue weighted by Crippen LogP contribution is -2.09. The first-order valence-corrected chi connectivity index (χ1v) is 8.40. The summed E-state index contributed by atoms with van der Waals surface area (Å²) < 4.78 is 13.6. The predicted octanol–water partition coefficient (Wildman–Crippen LogP) is 6.42. The van der Waals surface area contributed by atoms with E-state index >= 15 is 0 Å². The number of anilines is 1. The van der Waals surface area contributed by atoms with Crippen molar-refractivity contribution in [1.29, 1.82) is 0 Å². The Morgan fingerprint density at radius 2 is 1.90 bits per heavy atom. The van der Waals surface area contributed by atoms with Crippen LogP contribution in [0.3, 0.4) is 0 Å². The molecule has 5 heteroatoms. The molecule has 2 aromatic carbocycles. The van der Waals surface area contributed by atoms with Crippen LogP contribution < -0.4 is 5.32 Å². The van der Waals surface area contributed by atoms with E-state index in [9.17, 15) is 4.39 Å². The van der Waals surface area contributed by atoms with Crippen LogP contribution in [0.2, 0.25) is 10.0 Å². The third-order valence-corrected chi connectivity index (χ3v) is 4.74. The smallest absolute Gasteiger partial charge is 0.142 e. The molecule has 1 nitrogen and oxygen atoms in total. The van der Waals surface area contributed by atoms with E-state index in [1.54, 1.807) is 11.8 Å². The Morgan fingerprint density at radius 1 is 1.19 bits per heavy atom. The summed E-state index contributed by atoms with van der Waals surface area (Å²) in [6.07, 6.45) is 0. The molecular formula is C16H16Cl2FNS. The van der Waals surface area contributed by atoms with Gasteiger partial charge in [-0.15, -0.1) is 11.8 Å². The van der Waals surface area contributed by atoms with E-state index in [1.807, 2.05) is 25.1 Å². The zero-order valence-electron chi connectivity index (χ0n) is 11.8. The topological polar surface area (TPSA) is 12.0 Å². The second kappa shape index (κ2) is 7.39. The average molecular weight is 344 g/mol. The van der Waals surface area contributed by atoms with Crippen molar-refractivity contribution in [2.45, 2.75) is 24.8 Å². The van der Waals surface area contributed by atoms with Gasteiger partial charge in [-0.05, 0) is 36.9 Å². The minimum Gasteiger partial charge on any atom is -0.378 e. The Labute approximate surface area is 138 Å². The van der Waals surface area contributed by atoms with Crippen molar-refractivity contribution in [1.82, 2.24) is 0 Å². The highest BCUT2D eigenvalue weighted by molar-refractivity contribution is 7.99. The summed E-state index contributed by atoms with van der Waals surface area (Å²) in [7, 11) is 0. The number of thioether (sulfide) groups is 1. The summed E-state index contributed by atoms with van der Waals surface area (Å²) in [5.41, 5.74) is 1.57. The van der Waals surface area contributed by atoms with Crippen LogP contribution in [0.1, 0.15) is 25.5 Å². The molecule has 1 atom stereocenters. The second-order valence-electron chi connectivity index (χ2n) is 4.55. The molecule has 0 fully saturated rings. The molecule has 0 aliphatic rings. The van der Waals surface area contributed by atoms with Gasteiger partial charge >= 0.3 is 0 Å². The van der Waals surface area contributed by atoms with Gasteiger partial charge in [0.15, 0.2) is 0 Å². The van der Waals surface area contributed by atoms with Gasteiger partial charge in [0.1, 0.15) is 5.82 Å².